The molecule has 0 radical (unpaired) electrons. The molecule has 0 aliphatic carbocycles. The summed E-state index contributed by atoms with van der Waals surface area (Å²) in [6.07, 6.45) is 0. The Morgan fingerprint density at radius 3 is 2.48 bits per heavy atom. The number of aromatic nitrogens is 1. The average molecular weight is 371 g/mol. The number of nitrogens with one attached hydrogen (secondary N) is 1. The lowest BCUT2D eigenvalue weighted by Gasteiger charge is -2.13. The second-order valence-corrected chi connectivity index (χ2v) is 6.10. The maximum Gasteiger partial charge on any atom is 0.162 e. The van der Waals surface area contributed by atoms with Crippen LogP contribution < -0.4 is 14.8 Å². The fraction of sp³-hybridized carbons (Fsp3) is 0.400. The Balaban J connectivity index is 2.39. The fourth-order valence-corrected chi connectivity index (χ4v) is 3.27. The molecular weight excluding hydrogens is 352 g/mol. The summed E-state index contributed by atoms with van der Waals surface area (Å²) in [5.41, 5.74) is 1.96. The van der Waals surface area contributed by atoms with E-state index in [0.29, 0.717) is 13.2 Å². The first-order valence-corrected chi connectivity index (χ1v) is 8.55. The van der Waals surface area contributed by atoms with Gasteiger partial charge < -0.3 is 14.8 Å². The van der Waals surface area contributed by atoms with E-state index in [0.717, 1.165) is 38.8 Å². The SMILES string of the molecule is CCOc1cc(Br)c(-c2csc(CNC)n2)cc1OCC. The van der Waals surface area contributed by atoms with Crippen molar-refractivity contribution in [3.8, 4) is 22.8 Å². The van der Waals surface area contributed by atoms with Gasteiger partial charge in [0.15, 0.2) is 11.5 Å². The molecule has 0 fully saturated rings. The zero-order valence-corrected chi connectivity index (χ0v) is 14.8. The fourth-order valence-electron chi connectivity index (χ4n) is 1.94. The van der Waals surface area contributed by atoms with E-state index in [4.69, 9.17) is 9.47 Å². The number of nitrogens with zero attached hydrogens (tertiary/aromatic N) is 1. The highest BCUT2D eigenvalue weighted by Gasteiger charge is 2.14. The lowest BCUT2D eigenvalue weighted by Crippen LogP contribution is -2.04. The first kappa shape index (κ1) is 16.3. The van der Waals surface area contributed by atoms with Gasteiger partial charge in [-0.05, 0) is 49.0 Å². The van der Waals surface area contributed by atoms with Gasteiger partial charge in [-0.3, -0.25) is 0 Å². The Kier molecular flexibility index (Phi) is 6.02. The van der Waals surface area contributed by atoms with Gasteiger partial charge in [0.05, 0.1) is 18.9 Å². The Hall–Kier alpha value is -1.11. The molecule has 21 heavy (non-hydrogen) atoms. The number of hydrogen-bond acceptors (Lipinski definition) is 5. The zero-order chi connectivity index (χ0) is 15.2. The van der Waals surface area contributed by atoms with Crippen molar-refractivity contribution in [1.82, 2.24) is 10.3 Å². The molecule has 114 valence electrons. The summed E-state index contributed by atoms with van der Waals surface area (Å²) < 4.78 is 12.3. The number of hydrogen-bond donors (Lipinski definition) is 1. The minimum atomic E-state index is 0.600. The van der Waals surface area contributed by atoms with Gasteiger partial charge in [0.2, 0.25) is 0 Å². The van der Waals surface area contributed by atoms with E-state index in [-0.39, 0.29) is 0 Å². The van der Waals surface area contributed by atoms with Gasteiger partial charge in [-0.2, -0.15) is 0 Å². The summed E-state index contributed by atoms with van der Waals surface area (Å²) in [4.78, 5) is 4.64. The summed E-state index contributed by atoms with van der Waals surface area (Å²) in [7, 11) is 1.92. The standard InChI is InChI=1S/C15H19BrN2O2S/c1-4-19-13-6-10(11(16)7-14(13)20-5-2)12-9-21-15(18-12)8-17-3/h6-7,9,17H,4-5,8H2,1-3H3. The average Bonchev–Trinajstić information content (AvgIpc) is 2.91. The van der Waals surface area contributed by atoms with E-state index in [1.54, 1.807) is 11.3 Å². The molecule has 1 aromatic carbocycles. The van der Waals surface area contributed by atoms with Crippen molar-refractivity contribution < 1.29 is 9.47 Å². The first-order chi connectivity index (χ1) is 10.2. The smallest absolute Gasteiger partial charge is 0.162 e. The molecule has 0 bridgehead atoms. The molecule has 1 N–H and O–H groups in total. The second-order valence-electron chi connectivity index (χ2n) is 4.30. The highest BCUT2D eigenvalue weighted by atomic mass is 79.9. The molecule has 0 unspecified atom stereocenters. The number of ether oxygens (including phenoxy) is 2. The van der Waals surface area contributed by atoms with Crippen molar-refractivity contribution in [1.29, 1.82) is 0 Å². The third-order valence-electron chi connectivity index (χ3n) is 2.79. The van der Waals surface area contributed by atoms with Crippen molar-refractivity contribution in [3.63, 3.8) is 0 Å². The van der Waals surface area contributed by atoms with Gasteiger partial charge >= 0.3 is 0 Å². The van der Waals surface area contributed by atoms with Crippen LogP contribution in [-0.4, -0.2) is 25.2 Å². The van der Waals surface area contributed by atoms with E-state index in [1.165, 1.54) is 0 Å². The Morgan fingerprint density at radius 1 is 1.19 bits per heavy atom. The van der Waals surface area contributed by atoms with Crippen LogP contribution in [0.5, 0.6) is 11.5 Å². The first-order valence-electron chi connectivity index (χ1n) is 6.88. The highest BCUT2D eigenvalue weighted by molar-refractivity contribution is 9.10. The minimum Gasteiger partial charge on any atom is -0.490 e. The highest BCUT2D eigenvalue weighted by Crippen LogP contribution is 2.39. The van der Waals surface area contributed by atoms with E-state index < -0.39 is 0 Å². The van der Waals surface area contributed by atoms with Crippen LogP contribution in [-0.2, 0) is 6.54 Å². The molecule has 0 spiro atoms. The molecule has 0 saturated heterocycles. The molecular formula is C15H19BrN2O2S. The molecule has 0 aliphatic rings. The normalized spacial score (nSPS) is 10.7. The summed E-state index contributed by atoms with van der Waals surface area (Å²) in [5.74, 6) is 1.50. The van der Waals surface area contributed by atoms with Crippen LogP contribution in [0.25, 0.3) is 11.3 Å². The molecule has 0 atom stereocenters. The lowest BCUT2D eigenvalue weighted by molar-refractivity contribution is 0.287. The molecule has 1 heterocycles. The molecule has 0 saturated carbocycles. The van der Waals surface area contributed by atoms with Gasteiger partial charge in [0.25, 0.3) is 0 Å². The van der Waals surface area contributed by atoms with Crippen molar-refractivity contribution in [3.05, 3.63) is 27.0 Å². The third kappa shape index (κ3) is 3.96. The predicted molar refractivity (Wildman–Crippen MR) is 90.4 cm³/mol. The van der Waals surface area contributed by atoms with Crippen LogP contribution in [0.3, 0.4) is 0 Å². The number of thiazole rings is 1. The van der Waals surface area contributed by atoms with Gasteiger partial charge in [0.1, 0.15) is 5.01 Å². The number of benzene rings is 1. The maximum absolute atomic E-state index is 5.68. The largest absolute Gasteiger partial charge is 0.490 e. The van der Waals surface area contributed by atoms with Crippen LogP contribution in [0, 0.1) is 0 Å². The zero-order valence-electron chi connectivity index (χ0n) is 12.4. The van der Waals surface area contributed by atoms with E-state index >= 15 is 0 Å². The Labute approximate surface area is 137 Å². The van der Waals surface area contributed by atoms with Crippen molar-refractivity contribution >= 4 is 27.3 Å². The molecule has 0 amide bonds. The number of rotatable bonds is 7. The second kappa shape index (κ2) is 7.77. The van der Waals surface area contributed by atoms with Crippen LogP contribution in [0.4, 0.5) is 0 Å². The lowest BCUT2D eigenvalue weighted by atomic mass is 10.1. The van der Waals surface area contributed by atoms with Gasteiger partial charge in [-0.1, -0.05) is 0 Å². The summed E-state index contributed by atoms with van der Waals surface area (Å²) in [5, 5.41) is 6.23. The molecule has 2 aromatic rings. The monoisotopic (exact) mass is 370 g/mol. The number of halogens is 1. The third-order valence-corrected chi connectivity index (χ3v) is 4.29. The molecule has 6 heteroatoms. The summed E-state index contributed by atoms with van der Waals surface area (Å²) in [6, 6.07) is 3.93. The quantitative estimate of drug-likeness (QED) is 0.796. The molecule has 1 aromatic heterocycles. The van der Waals surface area contributed by atoms with E-state index in [9.17, 15) is 0 Å². The van der Waals surface area contributed by atoms with Crippen LogP contribution in [0.15, 0.2) is 22.0 Å². The Morgan fingerprint density at radius 2 is 1.86 bits per heavy atom. The summed E-state index contributed by atoms with van der Waals surface area (Å²) >= 11 is 5.25. The Bertz CT molecular complexity index is 601. The van der Waals surface area contributed by atoms with Gasteiger partial charge in [-0.25, -0.2) is 4.98 Å². The molecule has 0 aliphatic heterocycles. The maximum atomic E-state index is 5.68. The molecule has 4 nitrogen and oxygen atoms in total. The van der Waals surface area contributed by atoms with E-state index in [1.807, 2.05) is 33.0 Å². The van der Waals surface area contributed by atoms with Crippen LogP contribution in [0.1, 0.15) is 18.9 Å². The van der Waals surface area contributed by atoms with Gasteiger partial charge in [0, 0.05) is 22.0 Å². The predicted octanol–water partition coefficient (Wildman–Crippen LogP) is 4.09. The molecule has 2 rings (SSSR count). The van der Waals surface area contributed by atoms with Crippen LogP contribution >= 0.6 is 27.3 Å². The van der Waals surface area contributed by atoms with Crippen molar-refractivity contribution in [2.24, 2.45) is 0 Å². The van der Waals surface area contributed by atoms with Crippen molar-refractivity contribution in [2.75, 3.05) is 20.3 Å². The van der Waals surface area contributed by atoms with Gasteiger partial charge in [-0.15, -0.1) is 11.3 Å². The van der Waals surface area contributed by atoms with Crippen molar-refractivity contribution in [2.45, 2.75) is 20.4 Å². The topological polar surface area (TPSA) is 43.4 Å². The van der Waals surface area contributed by atoms with Crippen LogP contribution in [0.2, 0.25) is 0 Å². The minimum absolute atomic E-state index is 0.600. The summed E-state index contributed by atoms with van der Waals surface area (Å²) in [6.45, 7) is 5.91. The van der Waals surface area contributed by atoms with E-state index in [2.05, 4.69) is 31.6 Å².